The van der Waals surface area contributed by atoms with Crippen LogP contribution in [0.15, 0.2) is 29.3 Å². The van der Waals surface area contributed by atoms with Gasteiger partial charge in [0.15, 0.2) is 0 Å². The van der Waals surface area contributed by atoms with Crippen molar-refractivity contribution in [1.82, 2.24) is 0 Å². The Labute approximate surface area is 110 Å². The van der Waals surface area contributed by atoms with Gasteiger partial charge in [-0.2, -0.15) is 0 Å². The maximum atomic E-state index is 12.1. The first-order valence-corrected chi connectivity index (χ1v) is 6.25. The molecule has 0 bridgehead atoms. The van der Waals surface area contributed by atoms with Crippen LogP contribution in [0.2, 0.25) is 0 Å². The number of halogens is 3. The van der Waals surface area contributed by atoms with Crippen molar-refractivity contribution in [2.45, 2.75) is 37.5 Å². The van der Waals surface area contributed by atoms with E-state index >= 15 is 0 Å². The third-order valence-corrected chi connectivity index (χ3v) is 3.53. The quantitative estimate of drug-likeness (QED) is 0.758. The predicted octanol–water partition coefficient (Wildman–Crippen LogP) is 4.10. The summed E-state index contributed by atoms with van der Waals surface area (Å²) in [5, 5.41) is 0. The van der Waals surface area contributed by atoms with Gasteiger partial charge in [-0.3, -0.25) is 4.99 Å². The van der Waals surface area contributed by atoms with Gasteiger partial charge >= 0.3 is 6.36 Å². The topological polar surface area (TPSA) is 21.6 Å². The fraction of sp³-hybridized carbons (Fsp3) is 0.500. The van der Waals surface area contributed by atoms with Gasteiger partial charge in [-0.25, -0.2) is 0 Å². The Balaban J connectivity index is 2.21. The molecule has 0 heterocycles. The Morgan fingerprint density at radius 2 is 1.74 bits per heavy atom. The maximum absolute atomic E-state index is 12.1. The number of hydrogen-bond donors (Lipinski definition) is 0. The number of nitrogens with zero attached hydrogens (tertiary/aromatic N) is 1. The van der Waals surface area contributed by atoms with Crippen molar-refractivity contribution in [3.8, 4) is 5.75 Å². The fourth-order valence-corrected chi connectivity index (χ4v) is 2.73. The van der Waals surface area contributed by atoms with E-state index in [-0.39, 0.29) is 11.2 Å². The molecular formula is C14H16F3NO. The Morgan fingerprint density at radius 1 is 1.16 bits per heavy atom. The molecule has 5 heteroatoms. The SMILES string of the molecule is CN=CC1(c2ccc(OC(F)(F)F)cc2)CCCC1. The molecule has 1 saturated carbocycles. The van der Waals surface area contributed by atoms with E-state index in [0.29, 0.717) is 0 Å². The summed E-state index contributed by atoms with van der Waals surface area (Å²) in [5.74, 6) is -0.183. The van der Waals surface area contributed by atoms with Crippen molar-refractivity contribution in [2.75, 3.05) is 7.05 Å². The van der Waals surface area contributed by atoms with E-state index < -0.39 is 6.36 Å². The van der Waals surface area contributed by atoms with Crippen molar-refractivity contribution < 1.29 is 17.9 Å². The summed E-state index contributed by atoms with van der Waals surface area (Å²) >= 11 is 0. The van der Waals surface area contributed by atoms with Crippen LogP contribution >= 0.6 is 0 Å². The lowest BCUT2D eigenvalue weighted by molar-refractivity contribution is -0.274. The first-order chi connectivity index (χ1) is 8.95. The molecule has 0 saturated heterocycles. The van der Waals surface area contributed by atoms with Gasteiger partial charge in [0.1, 0.15) is 5.75 Å². The molecule has 0 N–H and O–H groups in total. The van der Waals surface area contributed by atoms with Crippen molar-refractivity contribution in [3.05, 3.63) is 29.8 Å². The van der Waals surface area contributed by atoms with Gasteiger partial charge in [-0.15, -0.1) is 13.2 Å². The van der Waals surface area contributed by atoms with E-state index in [0.717, 1.165) is 31.2 Å². The Bertz CT molecular complexity index is 445. The van der Waals surface area contributed by atoms with E-state index in [1.807, 2.05) is 6.21 Å². The van der Waals surface area contributed by atoms with Gasteiger partial charge in [-0.1, -0.05) is 25.0 Å². The number of hydrogen-bond acceptors (Lipinski definition) is 2. The second-order valence-electron chi connectivity index (χ2n) is 4.82. The van der Waals surface area contributed by atoms with E-state index in [1.54, 1.807) is 19.2 Å². The summed E-state index contributed by atoms with van der Waals surface area (Å²) in [5.41, 5.74) is 0.885. The summed E-state index contributed by atoms with van der Waals surface area (Å²) in [6, 6.07) is 6.14. The fourth-order valence-electron chi connectivity index (χ4n) is 2.73. The molecule has 0 atom stereocenters. The molecule has 0 spiro atoms. The summed E-state index contributed by atoms with van der Waals surface area (Å²) in [6.45, 7) is 0. The maximum Gasteiger partial charge on any atom is 0.573 e. The predicted molar refractivity (Wildman–Crippen MR) is 67.7 cm³/mol. The minimum Gasteiger partial charge on any atom is -0.406 e. The summed E-state index contributed by atoms with van der Waals surface area (Å²) in [7, 11) is 1.72. The second-order valence-corrected chi connectivity index (χ2v) is 4.82. The molecule has 104 valence electrons. The van der Waals surface area contributed by atoms with Crippen molar-refractivity contribution in [2.24, 2.45) is 4.99 Å². The highest BCUT2D eigenvalue weighted by atomic mass is 19.4. The minimum atomic E-state index is -4.64. The molecule has 2 rings (SSSR count). The summed E-state index contributed by atoms with van der Waals surface area (Å²) in [6.07, 6.45) is 1.49. The average Bonchev–Trinajstić information content (AvgIpc) is 2.78. The number of rotatable bonds is 3. The van der Waals surface area contributed by atoms with Gasteiger partial charge in [0.05, 0.1) is 0 Å². The molecule has 0 aliphatic heterocycles. The van der Waals surface area contributed by atoms with Crippen LogP contribution in [-0.2, 0) is 5.41 Å². The molecule has 1 aliphatic carbocycles. The van der Waals surface area contributed by atoms with Crippen molar-refractivity contribution >= 4 is 6.21 Å². The number of ether oxygens (including phenoxy) is 1. The van der Waals surface area contributed by atoms with Gasteiger partial charge in [0.25, 0.3) is 0 Å². The van der Waals surface area contributed by atoms with E-state index in [2.05, 4.69) is 9.73 Å². The molecule has 0 unspecified atom stereocenters. The van der Waals surface area contributed by atoms with Crippen LogP contribution < -0.4 is 4.74 Å². The standard InChI is InChI=1S/C14H16F3NO/c1-18-10-13(8-2-3-9-13)11-4-6-12(7-5-11)19-14(15,16)17/h4-7,10H,2-3,8-9H2,1H3. The van der Waals surface area contributed by atoms with Crippen LogP contribution in [0.1, 0.15) is 31.2 Å². The summed E-state index contributed by atoms with van der Waals surface area (Å²) in [4.78, 5) is 4.11. The number of aliphatic imine (C=N–C) groups is 1. The second kappa shape index (κ2) is 5.23. The van der Waals surface area contributed by atoms with E-state index in [9.17, 15) is 13.2 Å². The molecule has 2 nitrogen and oxygen atoms in total. The molecule has 1 aromatic carbocycles. The van der Waals surface area contributed by atoms with E-state index in [4.69, 9.17) is 0 Å². The molecule has 0 radical (unpaired) electrons. The van der Waals surface area contributed by atoms with Crippen LogP contribution in [0.3, 0.4) is 0 Å². The zero-order valence-corrected chi connectivity index (χ0v) is 10.7. The highest BCUT2D eigenvalue weighted by molar-refractivity contribution is 5.74. The monoisotopic (exact) mass is 271 g/mol. The van der Waals surface area contributed by atoms with Crippen molar-refractivity contribution in [3.63, 3.8) is 0 Å². The highest BCUT2D eigenvalue weighted by Gasteiger charge is 2.34. The molecule has 0 aromatic heterocycles. The normalized spacial score (nSPS) is 18.9. The largest absolute Gasteiger partial charge is 0.573 e. The minimum absolute atomic E-state index is 0.120. The number of benzene rings is 1. The van der Waals surface area contributed by atoms with Crippen molar-refractivity contribution in [1.29, 1.82) is 0 Å². The summed E-state index contributed by atoms with van der Waals surface area (Å²) < 4.78 is 40.2. The zero-order valence-electron chi connectivity index (χ0n) is 10.7. The molecule has 1 aliphatic rings. The van der Waals surface area contributed by atoms with Gasteiger partial charge in [0, 0.05) is 18.7 Å². The smallest absolute Gasteiger partial charge is 0.406 e. The van der Waals surface area contributed by atoms with Crippen LogP contribution in [0.4, 0.5) is 13.2 Å². The van der Waals surface area contributed by atoms with Crippen LogP contribution in [0, 0.1) is 0 Å². The Hall–Kier alpha value is -1.52. The van der Waals surface area contributed by atoms with Gasteiger partial charge in [-0.05, 0) is 30.5 Å². The third kappa shape index (κ3) is 3.28. The third-order valence-electron chi connectivity index (χ3n) is 3.53. The average molecular weight is 271 g/mol. The van der Waals surface area contributed by atoms with Crippen LogP contribution in [0.25, 0.3) is 0 Å². The molecule has 1 aromatic rings. The van der Waals surface area contributed by atoms with Crippen LogP contribution in [0.5, 0.6) is 5.75 Å². The Kier molecular flexibility index (Phi) is 3.83. The lowest BCUT2D eigenvalue weighted by atomic mass is 9.80. The molecular weight excluding hydrogens is 255 g/mol. The zero-order chi connectivity index (χ0) is 13.9. The molecule has 19 heavy (non-hydrogen) atoms. The van der Waals surface area contributed by atoms with Gasteiger partial charge < -0.3 is 4.74 Å². The van der Waals surface area contributed by atoms with Crippen LogP contribution in [-0.4, -0.2) is 19.6 Å². The Morgan fingerprint density at radius 3 is 2.21 bits per heavy atom. The first-order valence-electron chi connectivity index (χ1n) is 6.25. The lowest BCUT2D eigenvalue weighted by Gasteiger charge is -2.25. The van der Waals surface area contributed by atoms with E-state index in [1.165, 1.54) is 12.1 Å². The lowest BCUT2D eigenvalue weighted by Crippen LogP contribution is -2.24. The molecule has 1 fully saturated rings. The number of alkyl halides is 3. The van der Waals surface area contributed by atoms with Gasteiger partial charge in [0.2, 0.25) is 0 Å². The highest BCUT2D eigenvalue weighted by Crippen LogP contribution is 2.40. The first kappa shape index (κ1) is 13.9. The molecule has 0 amide bonds.